The van der Waals surface area contributed by atoms with E-state index in [1.54, 1.807) is 13.2 Å². The van der Waals surface area contributed by atoms with Crippen LogP contribution in [0.5, 0.6) is 5.75 Å². The maximum absolute atomic E-state index is 12.8. The molecule has 0 aliphatic carbocycles. The number of hydrogen-bond donors (Lipinski definition) is 1. The lowest BCUT2D eigenvalue weighted by Gasteiger charge is -2.47. The van der Waals surface area contributed by atoms with Crippen molar-refractivity contribution in [2.24, 2.45) is 0 Å². The van der Waals surface area contributed by atoms with Gasteiger partial charge in [0, 0.05) is 35.1 Å². The monoisotopic (exact) mass is 431 g/mol. The highest BCUT2D eigenvalue weighted by molar-refractivity contribution is 6.09. The van der Waals surface area contributed by atoms with Crippen LogP contribution in [0, 0.1) is 18.3 Å². The number of nitriles is 1. The number of methoxy groups -OCH3 is 1. The summed E-state index contributed by atoms with van der Waals surface area (Å²) < 4.78 is 5.69. The summed E-state index contributed by atoms with van der Waals surface area (Å²) in [7, 11) is 1.62. The second kappa shape index (κ2) is 9.48. The first-order valence-corrected chi connectivity index (χ1v) is 11.2. The molecule has 0 aromatic heterocycles. The number of amides is 1. The van der Waals surface area contributed by atoms with Gasteiger partial charge in [0.25, 0.3) is 5.91 Å². The van der Waals surface area contributed by atoms with Gasteiger partial charge in [0.1, 0.15) is 17.4 Å². The van der Waals surface area contributed by atoms with Crippen LogP contribution < -0.4 is 15.0 Å². The second-order valence-corrected chi connectivity index (χ2v) is 9.21. The van der Waals surface area contributed by atoms with E-state index in [1.165, 1.54) is 11.3 Å². The third-order valence-corrected chi connectivity index (χ3v) is 6.16. The predicted octanol–water partition coefficient (Wildman–Crippen LogP) is 6.05. The van der Waals surface area contributed by atoms with E-state index < -0.39 is 5.91 Å². The van der Waals surface area contributed by atoms with Crippen molar-refractivity contribution < 1.29 is 9.53 Å². The fourth-order valence-corrected chi connectivity index (χ4v) is 4.60. The van der Waals surface area contributed by atoms with Crippen molar-refractivity contribution in [1.82, 2.24) is 0 Å². The summed E-state index contributed by atoms with van der Waals surface area (Å²) in [6.45, 7) is 11.9. The van der Waals surface area contributed by atoms with Crippen molar-refractivity contribution in [2.75, 3.05) is 23.9 Å². The zero-order chi connectivity index (χ0) is 23.5. The minimum Gasteiger partial charge on any atom is -0.496 e. The Morgan fingerprint density at radius 2 is 2.00 bits per heavy atom. The number of fused-ring (bicyclic) bond motifs is 1. The quantitative estimate of drug-likeness (QED) is 0.446. The summed E-state index contributed by atoms with van der Waals surface area (Å²) in [5, 5.41) is 12.5. The maximum Gasteiger partial charge on any atom is 0.266 e. The van der Waals surface area contributed by atoms with Crippen LogP contribution in [0.4, 0.5) is 11.4 Å². The molecule has 0 bridgehead atoms. The smallest absolute Gasteiger partial charge is 0.266 e. The molecule has 0 spiro atoms. The molecule has 5 nitrogen and oxygen atoms in total. The molecule has 2 aromatic carbocycles. The largest absolute Gasteiger partial charge is 0.496 e. The Morgan fingerprint density at radius 3 is 2.59 bits per heavy atom. The van der Waals surface area contributed by atoms with Crippen molar-refractivity contribution >= 4 is 23.4 Å². The van der Waals surface area contributed by atoms with E-state index in [0.717, 1.165) is 30.5 Å². The average molecular weight is 432 g/mol. The Hall–Kier alpha value is -3.26. The Labute approximate surface area is 191 Å². The van der Waals surface area contributed by atoms with Gasteiger partial charge in [0.2, 0.25) is 0 Å². The van der Waals surface area contributed by atoms with Gasteiger partial charge in [-0.15, -0.1) is 0 Å². The van der Waals surface area contributed by atoms with E-state index in [2.05, 4.69) is 50.0 Å². The first-order chi connectivity index (χ1) is 15.2. The number of nitrogens with zero attached hydrogens (tertiary/aromatic N) is 2. The first kappa shape index (κ1) is 23.4. The molecule has 2 aromatic rings. The van der Waals surface area contributed by atoms with Crippen molar-refractivity contribution in [2.45, 2.75) is 58.9 Å². The molecule has 0 saturated carbocycles. The molecule has 0 fully saturated rings. The molecule has 3 rings (SSSR count). The molecule has 1 N–H and O–H groups in total. The molecular weight excluding hydrogens is 398 g/mol. The number of benzene rings is 2. The molecule has 1 aliphatic heterocycles. The van der Waals surface area contributed by atoms with Crippen LogP contribution in [0.15, 0.2) is 42.0 Å². The van der Waals surface area contributed by atoms with Gasteiger partial charge in [-0.25, -0.2) is 0 Å². The van der Waals surface area contributed by atoms with Gasteiger partial charge in [-0.3, -0.25) is 4.79 Å². The van der Waals surface area contributed by atoms with Gasteiger partial charge in [0.15, 0.2) is 0 Å². The molecule has 1 aliphatic rings. The zero-order valence-electron chi connectivity index (χ0n) is 20.0. The molecule has 1 atom stereocenters. The number of rotatable bonds is 6. The Balaban J connectivity index is 2.01. The van der Waals surface area contributed by atoms with Gasteiger partial charge < -0.3 is 15.0 Å². The highest BCUT2D eigenvalue weighted by Crippen LogP contribution is 2.46. The number of anilines is 2. The number of carbonyl (C=O) groups excluding carboxylic acids is 1. The van der Waals surface area contributed by atoms with Crippen LogP contribution in [-0.2, 0) is 4.79 Å². The van der Waals surface area contributed by atoms with E-state index in [9.17, 15) is 10.1 Å². The fraction of sp³-hybridized carbons (Fsp3) is 0.407. The summed E-state index contributed by atoms with van der Waals surface area (Å²) in [6.07, 6.45) is 3.72. The summed E-state index contributed by atoms with van der Waals surface area (Å²) >= 11 is 0. The van der Waals surface area contributed by atoms with Gasteiger partial charge in [-0.2, -0.15) is 5.26 Å². The van der Waals surface area contributed by atoms with Crippen molar-refractivity contribution in [3.05, 3.63) is 58.7 Å². The van der Waals surface area contributed by atoms with Crippen LogP contribution in [0.2, 0.25) is 0 Å². The number of hydrogen-bond acceptors (Lipinski definition) is 4. The Morgan fingerprint density at radius 1 is 1.31 bits per heavy atom. The van der Waals surface area contributed by atoms with Crippen molar-refractivity contribution in [1.29, 1.82) is 5.26 Å². The number of carbonyl (C=O) groups is 1. The number of nitrogens with one attached hydrogen (secondary N) is 1. The SMILES string of the molecule is CCCN1c2cc(OC)c(/C=C(\C#N)C(=O)Nc3ccc(C)cc3)cc2C(C)CC1(C)C. The number of ether oxygens (including phenoxy) is 1. The molecule has 0 saturated heterocycles. The number of aryl methyl sites for hydroxylation is 1. The van der Waals surface area contributed by atoms with E-state index in [0.29, 0.717) is 17.4 Å². The minimum atomic E-state index is -0.432. The minimum absolute atomic E-state index is 0.0398. The molecule has 168 valence electrons. The molecule has 5 heteroatoms. The van der Waals surface area contributed by atoms with Crippen LogP contribution in [0.3, 0.4) is 0 Å². The molecule has 0 radical (unpaired) electrons. The third-order valence-electron chi connectivity index (χ3n) is 6.16. The summed E-state index contributed by atoms with van der Waals surface area (Å²) in [4.78, 5) is 15.2. The second-order valence-electron chi connectivity index (χ2n) is 9.21. The lowest BCUT2D eigenvalue weighted by molar-refractivity contribution is -0.112. The maximum atomic E-state index is 12.8. The topological polar surface area (TPSA) is 65.4 Å². The zero-order valence-corrected chi connectivity index (χ0v) is 20.0. The fourth-order valence-electron chi connectivity index (χ4n) is 4.60. The lowest BCUT2D eigenvalue weighted by atomic mass is 9.79. The predicted molar refractivity (Wildman–Crippen MR) is 131 cm³/mol. The van der Waals surface area contributed by atoms with Gasteiger partial charge in [0.05, 0.1) is 7.11 Å². The summed E-state index contributed by atoms with van der Waals surface area (Å²) in [5.74, 6) is 0.585. The third kappa shape index (κ3) is 4.80. The van der Waals surface area contributed by atoms with Crippen LogP contribution >= 0.6 is 0 Å². The highest BCUT2D eigenvalue weighted by atomic mass is 16.5. The molecule has 1 amide bonds. The van der Waals surface area contributed by atoms with Crippen LogP contribution in [0.1, 0.15) is 63.1 Å². The van der Waals surface area contributed by atoms with Gasteiger partial charge in [-0.1, -0.05) is 31.5 Å². The van der Waals surface area contributed by atoms with Crippen molar-refractivity contribution in [3.8, 4) is 11.8 Å². The Kier molecular flexibility index (Phi) is 6.93. The van der Waals surface area contributed by atoms with Crippen LogP contribution in [0.25, 0.3) is 6.08 Å². The van der Waals surface area contributed by atoms with E-state index in [1.807, 2.05) is 37.3 Å². The Bertz CT molecular complexity index is 1060. The lowest BCUT2D eigenvalue weighted by Crippen LogP contribution is -2.48. The van der Waals surface area contributed by atoms with E-state index >= 15 is 0 Å². The van der Waals surface area contributed by atoms with Gasteiger partial charge in [-0.05, 0) is 69.4 Å². The molecule has 32 heavy (non-hydrogen) atoms. The van der Waals surface area contributed by atoms with E-state index in [4.69, 9.17) is 4.74 Å². The molecule has 1 heterocycles. The average Bonchev–Trinajstić information content (AvgIpc) is 2.75. The molecule has 1 unspecified atom stereocenters. The van der Waals surface area contributed by atoms with Crippen LogP contribution in [-0.4, -0.2) is 25.1 Å². The summed E-state index contributed by atoms with van der Waals surface area (Å²) in [5.41, 5.74) is 4.99. The van der Waals surface area contributed by atoms with E-state index in [-0.39, 0.29) is 11.1 Å². The summed E-state index contributed by atoms with van der Waals surface area (Å²) in [6, 6.07) is 13.7. The molecular formula is C27H33N3O2. The van der Waals surface area contributed by atoms with Crippen molar-refractivity contribution in [3.63, 3.8) is 0 Å². The first-order valence-electron chi connectivity index (χ1n) is 11.2. The highest BCUT2D eigenvalue weighted by Gasteiger charge is 2.36. The standard InChI is InChI=1S/C27H33N3O2/c1-7-12-30-24-15-25(32-6)20(14-23(24)19(3)16-27(30,4)5)13-21(17-28)26(31)29-22-10-8-18(2)9-11-22/h8-11,13-15,19H,7,12,16H2,1-6H3,(H,29,31)/b21-13+. The van der Waals surface area contributed by atoms with Gasteiger partial charge >= 0.3 is 0 Å². The normalized spacial score (nSPS) is 17.3.